The van der Waals surface area contributed by atoms with Crippen LogP contribution in [0.1, 0.15) is 17.5 Å². The van der Waals surface area contributed by atoms with Gasteiger partial charge in [0.05, 0.1) is 11.5 Å². The van der Waals surface area contributed by atoms with E-state index >= 15 is 0 Å². The Labute approximate surface area is 169 Å². The summed E-state index contributed by atoms with van der Waals surface area (Å²) in [5.41, 5.74) is 1.58. The Morgan fingerprint density at radius 2 is 1.93 bits per heavy atom. The molecule has 2 aromatic carbocycles. The zero-order valence-electron chi connectivity index (χ0n) is 14.5. The van der Waals surface area contributed by atoms with Crippen LogP contribution < -0.4 is 0 Å². The van der Waals surface area contributed by atoms with Crippen LogP contribution in [0, 0.1) is 0 Å². The van der Waals surface area contributed by atoms with Crippen molar-refractivity contribution in [2.24, 2.45) is 0 Å². The molecule has 0 aromatic heterocycles. The third kappa shape index (κ3) is 5.34. The fourth-order valence-corrected chi connectivity index (χ4v) is 5.25. The number of amides is 1. The van der Waals surface area contributed by atoms with E-state index in [1.165, 1.54) is 6.08 Å². The lowest BCUT2D eigenvalue weighted by Crippen LogP contribution is -2.39. The predicted molar refractivity (Wildman–Crippen MR) is 110 cm³/mol. The number of halogens is 2. The summed E-state index contributed by atoms with van der Waals surface area (Å²) in [5.74, 6) is -0.165. The Hall–Kier alpha value is -1.82. The Kier molecular flexibility index (Phi) is 6.25. The zero-order valence-corrected chi connectivity index (χ0v) is 16.8. The summed E-state index contributed by atoms with van der Waals surface area (Å²) in [6.45, 7) is 0.298. The molecule has 4 nitrogen and oxygen atoms in total. The lowest BCUT2D eigenvalue weighted by atomic mass is 10.1. The molecule has 0 radical (unpaired) electrons. The largest absolute Gasteiger partial charge is 0.331 e. The van der Waals surface area contributed by atoms with Gasteiger partial charge in [0, 0.05) is 28.7 Å². The van der Waals surface area contributed by atoms with E-state index in [0.29, 0.717) is 23.0 Å². The van der Waals surface area contributed by atoms with Crippen LogP contribution in [0.2, 0.25) is 10.0 Å². The molecule has 0 saturated carbocycles. The lowest BCUT2D eigenvalue weighted by molar-refractivity contribution is -0.128. The van der Waals surface area contributed by atoms with Crippen molar-refractivity contribution in [2.75, 3.05) is 11.5 Å². The maximum Gasteiger partial charge on any atom is 0.247 e. The normalized spacial score (nSPS) is 18.7. The van der Waals surface area contributed by atoms with Gasteiger partial charge < -0.3 is 4.90 Å². The Morgan fingerprint density at radius 1 is 1.15 bits per heavy atom. The van der Waals surface area contributed by atoms with E-state index in [-0.39, 0.29) is 23.5 Å². The number of sulfone groups is 1. The standard InChI is InChI=1S/C20H19Cl2NO3S/c21-17-6-3-4-15(12-17)13-23(18-10-11-27(25,26)14-18)20(24)9-8-16-5-1-2-7-19(16)22/h1-9,12,18H,10-11,13-14H2/b9-8+/t18-/m1/s1. The first-order chi connectivity index (χ1) is 12.8. The van der Waals surface area contributed by atoms with Crippen LogP contribution in [0.15, 0.2) is 54.6 Å². The summed E-state index contributed by atoms with van der Waals surface area (Å²) in [7, 11) is -3.11. The number of carbonyl (C=O) groups excluding carboxylic acids is 1. The molecule has 27 heavy (non-hydrogen) atoms. The van der Waals surface area contributed by atoms with Crippen molar-refractivity contribution in [2.45, 2.75) is 19.0 Å². The van der Waals surface area contributed by atoms with Crippen molar-refractivity contribution >= 4 is 45.0 Å². The van der Waals surface area contributed by atoms with Crippen LogP contribution in [-0.4, -0.2) is 36.8 Å². The molecule has 0 bridgehead atoms. The molecule has 3 rings (SSSR count). The van der Waals surface area contributed by atoms with Gasteiger partial charge in [-0.05, 0) is 41.8 Å². The monoisotopic (exact) mass is 423 g/mol. The summed E-state index contributed by atoms with van der Waals surface area (Å²) in [4.78, 5) is 14.5. The van der Waals surface area contributed by atoms with Gasteiger partial charge in [-0.3, -0.25) is 4.79 Å². The molecular formula is C20H19Cl2NO3S. The van der Waals surface area contributed by atoms with E-state index in [1.807, 2.05) is 30.3 Å². The Balaban J connectivity index is 1.84. The van der Waals surface area contributed by atoms with Gasteiger partial charge in [0.15, 0.2) is 9.84 Å². The van der Waals surface area contributed by atoms with Crippen LogP contribution in [0.5, 0.6) is 0 Å². The van der Waals surface area contributed by atoms with Crippen LogP contribution >= 0.6 is 23.2 Å². The fraction of sp³-hybridized carbons (Fsp3) is 0.250. The highest BCUT2D eigenvalue weighted by atomic mass is 35.5. The van der Waals surface area contributed by atoms with E-state index in [4.69, 9.17) is 23.2 Å². The van der Waals surface area contributed by atoms with Gasteiger partial charge in [0.1, 0.15) is 0 Å². The molecule has 142 valence electrons. The topological polar surface area (TPSA) is 54.5 Å². The maximum atomic E-state index is 12.9. The second-order valence-corrected chi connectivity index (χ2v) is 9.58. The van der Waals surface area contributed by atoms with Crippen molar-refractivity contribution in [3.63, 3.8) is 0 Å². The smallest absolute Gasteiger partial charge is 0.247 e. The van der Waals surface area contributed by atoms with Gasteiger partial charge in [-0.15, -0.1) is 0 Å². The summed E-state index contributed by atoms with van der Waals surface area (Å²) in [5, 5.41) is 1.12. The molecule has 2 aromatic rings. The first-order valence-electron chi connectivity index (χ1n) is 8.52. The molecule has 0 aliphatic carbocycles. The number of nitrogens with zero attached hydrogens (tertiary/aromatic N) is 1. The third-order valence-electron chi connectivity index (χ3n) is 4.48. The molecule has 1 saturated heterocycles. The summed E-state index contributed by atoms with van der Waals surface area (Å²) in [6.07, 6.45) is 3.53. The van der Waals surface area contributed by atoms with Crippen molar-refractivity contribution in [3.05, 3.63) is 75.8 Å². The minimum absolute atomic E-state index is 0.0146. The Bertz CT molecular complexity index is 973. The van der Waals surface area contributed by atoms with E-state index in [1.54, 1.807) is 29.2 Å². The highest BCUT2D eigenvalue weighted by Gasteiger charge is 2.34. The van der Waals surface area contributed by atoms with E-state index in [9.17, 15) is 13.2 Å². The average molecular weight is 424 g/mol. The van der Waals surface area contributed by atoms with Crippen LogP contribution in [-0.2, 0) is 21.2 Å². The minimum atomic E-state index is -3.11. The van der Waals surface area contributed by atoms with Gasteiger partial charge >= 0.3 is 0 Å². The number of carbonyl (C=O) groups is 1. The van der Waals surface area contributed by atoms with Gasteiger partial charge in [-0.1, -0.05) is 53.5 Å². The highest BCUT2D eigenvalue weighted by molar-refractivity contribution is 7.91. The molecule has 0 N–H and O–H groups in total. The molecule has 1 atom stereocenters. The molecule has 1 fully saturated rings. The van der Waals surface area contributed by atoms with E-state index in [0.717, 1.165) is 11.1 Å². The number of hydrogen-bond donors (Lipinski definition) is 0. The fourth-order valence-electron chi connectivity index (χ4n) is 3.11. The summed E-state index contributed by atoms with van der Waals surface area (Å²) >= 11 is 12.2. The first kappa shape index (κ1) is 19.9. The van der Waals surface area contributed by atoms with Gasteiger partial charge in [0.2, 0.25) is 5.91 Å². The van der Waals surface area contributed by atoms with Crippen molar-refractivity contribution in [1.82, 2.24) is 4.90 Å². The molecule has 1 heterocycles. The minimum Gasteiger partial charge on any atom is -0.331 e. The average Bonchev–Trinajstić information content (AvgIpc) is 2.98. The molecule has 0 unspecified atom stereocenters. The van der Waals surface area contributed by atoms with E-state index < -0.39 is 9.84 Å². The SMILES string of the molecule is O=C(/C=C/c1ccccc1Cl)N(Cc1cccc(Cl)c1)[C@@H]1CCS(=O)(=O)C1. The molecule has 1 amide bonds. The lowest BCUT2D eigenvalue weighted by Gasteiger charge is -2.27. The molecule has 1 aliphatic rings. The highest BCUT2D eigenvalue weighted by Crippen LogP contribution is 2.23. The third-order valence-corrected chi connectivity index (χ3v) is 6.81. The van der Waals surface area contributed by atoms with Gasteiger partial charge in [0.25, 0.3) is 0 Å². The molecule has 7 heteroatoms. The molecular weight excluding hydrogens is 405 g/mol. The maximum absolute atomic E-state index is 12.9. The Morgan fingerprint density at radius 3 is 2.59 bits per heavy atom. The zero-order chi connectivity index (χ0) is 19.4. The number of benzene rings is 2. The van der Waals surface area contributed by atoms with Crippen molar-refractivity contribution in [3.8, 4) is 0 Å². The van der Waals surface area contributed by atoms with Crippen molar-refractivity contribution in [1.29, 1.82) is 0 Å². The molecule has 1 aliphatic heterocycles. The molecule has 0 spiro atoms. The second-order valence-electron chi connectivity index (χ2n) is 6.51. The number of hydrogen-bond acceptors (Lipinski definition) is 3. The van der Waals surface area contributed by atoms with Gasteiger partial charge in [-0.25, -0.2) is 8.42 Å². The van der Waals surface area contributed by atoms with Gasteiger partial charge in [-0.2, -0.15) is 0 Å². The van der Waals surface area contributed by atoms with E-state index in [2.05, 4.69) is 0 Å². The van der Waals surface area contributed by atoms with Crippen LogP contribution in [0.25, 0.3) is 6.08 Å². The quantitative estimate of drug-likeness (QED) is 0.676. The number of rotatable bonds is 5. The summed E-state index contributed by atoms with van der Waals surface area (Å²) < 4.78 is 23.8. The second kappa shape index (κ2) is 8.46. The van der Waals surface area contributed by atoms with Crippen LogP contribution in [0.4, 0.5) is 0 Å². The first-order valence-corrected chi connectivity index (χ1v) is 11.1. The summed E-state index contributed by atoms with van der Waals surface area (Å²) in [6, 6.07) is 14.1. The van der Waals surface area contributed by atoms with Crippen LogP contribution in [0.3, 0.4) is 0 Å². The van der Waals surface area contributed by atoms with Crippen molar-refractivity contribution < 1.29 is 13.2 Å². The predicted octanol–water partition coefficient (Wildman–Crippen LogP) is 4.22.